The van der Waals surface area contributed by atoms with Crippen LogP contribution in [-0.2, 0) is 4.79 Å². The molecule has 0 amide bonds. The smallest absolute Gasteiger partial charge is 0.137 e. The largest absolute Gasteiger partial charge is 0.299 e. The van der Waals surface area contributed by atoms with Gasteiger partial charge in [-0.2, -0.15) is 0 Å². The minimum atomic E-state index is 0.135. The van der Waals surface area contributed by atoms with Crippen LogP contribution in [0.15, 0.2) is 11.5 Å². The Bertz CT molecular complexity index is 186. The van der Waals surface area contributed by atoms with Gasteiger partial charge in [-0.1, -0.05) is 13.5 Å². The van der Waals surface area contributed by atoms with Crippen molar-refractivity contribution in [2.24, 2.45) is 5.92 Å². The second-order valence-electron chi connectivity index (χ2n) is 3.14. The summed E-state index contributed by atoms with van der Waals surface area (Å²) < 4.78 is 0. The van der Waals surface area contributed by atoms with Crippen LogP contribution in [-0.4, -0.2) is 11.0 Å². The van der Waals surface area contributed by atoms with E-state index in [1.807, 2.05) is 0 Å². The monoisotopic (exact) mass is 170 g/mol. The molecule has 1 aliphatic heterocycles. The van der Waals surface area contributed by atoms with E-state index >= 15 is 0 Å². The first-order chi connectivity index (χ1) is 5.11. The van der Waals surface area contributed by atoms with Crippen molar-refractivity contribution in [3.63, 3.8) is 0 Å². The second-order valence-corrected chi connectivity index (χ2v) is 4.70. The third-order valence-electron chi connectivity index (χ3n) is 2.09. The van der Waals surface area contributed by atoms with Crippen LogP contribution in [0.1, 0.15) is 26.7 Å². The van der Waals surface area contributed by atoms with Crippen molar-refractivity contribution in [3.8, 4) is 0 Å². The van der Waals surface area contributed by atoms with Crippen LogP contribution in [0, 0.1) is 5.92 Å². The van der Waals surface area contributed by atoms with E-state index < -0.39 is 0 Å². The van der Waals surface area contributed by atoms with E-state index in [2.05, 4.69) is 13.5 Å². The Morgan fingerprint density at radius 2 is 2.27 bits per heavy atom. The van der Waals surface area contributed by atoms with Crippen LogP contribution in [0.5, 0.6) is 0 Å². The molecule has 2 unspecified atom stereocenters. The van der Waals surface area contributed by atoms with Crippen LogP contribution in [0.4, 0.5) is 0 Å². The van der Waals surface area contributed by atoms with E-state index in [0.717, 1.165) is 17.7 Å². The van der Waals surface area contributed by atoms with E-state index in [1.54, 1.807) is 18.7 Å². The summed E-state index contributed by atoms with van der Waals surface area (Å²) in [6, 6.07) is 0. The summed E-state index contributed by atoms with van der Waals surface area (Å²) in [6.45, 7) is 7.76. The van der Waals surface area contributed by atoms with Gasteiger partial charge in [0.25, 0.3) is 0 Å². The van der Waals surface area contributed by atoms with E-state index in [4.69, 9.17) is 0 Å². The van der Waals surface area contributed by atoms with Gasteiger partial charge in [0.1, 0.15) is 5.78 Å². The standard InChI is InChI=1S/C9H14OS/c1-6-4-5-9(7(2)10)8(3)11-6/h6,9H,3-5H2,1-2H3. The number of Topliss-reactive ketones (excluding diaryl/α,β-unsaturated/α-hetero) is 1. The Kier molecular flexibility index (Phi) is 2.77. The summed E-state index contributed by atoms with van der Waals surface area (Å²) in [6.07, 6.45) is 2.15. The zero-order chi connectivity index (χ0) is 8.43. The number of hydrogen-bond donors (Lipinski definition) is 0. The van der Waals surface area contributed by atoms with Crippen molar-refractivity contribution in [2.75, 3.05) is 0 Å². The lowest BCUT2D eigenvalue weighted by molar-refractivity contribution is -0.119. The second kappa shape index (κ2) is 3.44. The fourth-order valence-electron chi connectivity index (χ4n) is 1.39. The highest BCUT2D eigenvalue weighted by atomic mass is 32.2. The van der Waals surface area contributed by atoms with Crippen molar-refractivity contribution < 1.29 is 4.79 Å². The van der Waals surface area contributed by atoms with Gasteiger partial charge in [-0.3, -0.25) is 4.79 Å². The molecular weight excluding hydrogens is 156 g/mol. The molecule has 0 bridgehead atoms. The average molecular weight is 170 g/mol. The molecule has 2 heteroatoms. The highest BCUT2D eigenvalue weighted by molar-refractivity contribution is 8.03. The molecule has 1 saturated heterocycles. The number of allylic oxidation sites excluding steroid dienone is 1. The first-order valence-corrected chi connectivity index (χ1v) is 4.85. The molecule has 0 radical (unpaired) electrons. The molecule has 1 heterocycles. The summed E-state index contributed by atoms with van der Waals surface area (Å²) in [5.41, 5.74) is 0. The third-order valence-corrected chi connectivity index (χ3v) is 3.32. The molecule has 0 aromatic carbocycles. The summed E-state index contributed by atoms with van der Waals surface area (Å²) in [5.74, 6) is 0.408. The fourth-order valence-corrected chi connectivity index (χ4v) is 2.61. The van der Waals surface area contributed by atoms with Crippen LogP contribution in [0.25, 0.3) is 0 Å². The van der Waals surface area contributed by atoms with Crippen molar-refractivity contribution in [2.45, 2.75) is 31.9 Å². The summed E-state index contributed by atoms with van der Waals surface area (Å²) in [4.78, 5) is 12.1. The highest BCUT2D eigenvalue weighted by Gasteiger charge is 2.25. The summed E-state index contributed by atoms with van der Waals surface area (Å²) in [7, 11) is 0. The lowest BCUT2D eigenvalue weighted by Crippen LogP contribution is -2.19. The lowest BCUT2D eigenvalue weighted by atomic mass is 9.97. The van der Waals surface area contributed by atoms with Gasteiger partial charge in [-0.05, 0) is 24.7 Å². The van der Waals surface area contributed by atoms with Crippen molar-refractivity contribution in [1.82, 2.24) is 0 Å². The van der Waals surface area contributed by atoms with Gasteiger partial charge in [0.05, 0.1) is 0 Å². The van der Waals surface area contributed by atoms with Crippen LogP contribution < -0.4 is 0 Å². The van der Waals surface area contributed by atoms with Gasteiger partial charge >= 0.3 is 0 Å². The highest BCUT2D eigenvalue weighted by Crippen LogP contribution is 2.38. The van der Waals surface area contributed by atoms with E-state index in [9.17, 15) is 4.79 Å². The molecule has 11 heavy (non-hydrogen) atoms. The first kappa shape index (κ1) is 8.85. The maximum absolute atomic E-state index is 11.0. The Morgan fingerprint density at radius 1 is 1.64 bits per heavy atom. The van der Waals surface area contributed by atoms with Gasteiger partial charge in [-0.25, -0.2) is 0 Å². The molecule has 0 saturated carbocycles. The number of ketones is 1. The first-order valence-electron chi connectivity index (χ1n) is 3.97. The maximum Gasteiger partial charge on any atom is 0.137 e. The summed E-state index contributed by atoms with van der Waals surface area (Å²) >= 11 is 1.76. The molecule has 0 aromatic rings. The molecular formula is C9H14OS. The minimum absolute atomic E-state index is 0.135. The van der Waals surface area contributed by atoms with Crippen LogP contribution in [0.3, 0.4) is 0 Å². The Morgan fingerprint density at radius 3 is 2.73 bits per heavy atom. The number of carbonyl (C=O) groups excluding carboxylic acids is 1. The third kappa shape index (κ3) is 2.09. The zero-order valence-electron chi connectivity index (χ0n) is 7.09. The van der Waals surface area contributed by atoms with Gasteiger partial charge in [0, 0.05) is 11.2 Å². The summed E-state index contributed by atoms with van der Waals surface area (Å²) in [5, 5.41) is 0.651. The number of thioether (sulfide) groups is 1. The SMILES string of the molecule is C=C1SC(C)CCC1C(C)=O. The van der Waals surface area contributed by atoms with Crippen molar-refractivity contribution in [1.29, 1.82) is 0 Å². The normalized spacial score (nSPS) is 32.0. The number of hydrogen-bond acceptors (Lipinski definition) is 2. The Balaban J connectivity index is 2.58. The van der Waals surface area contributed by atoms with Gasteiger partial charge in [0.15, 0.2) is 0 Å². The van der Waals surface area contributed by atoms with Crippen molar-refractivity contribution >= 4 is 17.5 Å². The molecule has 1 fully saturated rings. The zero-order valence-corrected chi connectivity index (χ0v) is 7.91. The Labute approximate surface area is 72.2 Å². The minimum Gasteiger partial charge on any atom is -0.299 e. The predicted octanol–water partition coefficient (Wildman–Crippen LogP) is 2.62. The molecule has 1 nitrogen and oxygen atoms in total. The lowest BCUT2D eigenvalue weighted by Gasteiger charge is -2.25. The molecule has 0 aromatic heterocycles. The average Bonchev–Trinajstić information content (AvgIpc) is 1.85. The molecule has 2 atom stereocenters. The Hall–Kier alpha value is -0.240. The van der Waals surface area contributed by atoms with Crippen LogP contribution in [0.2, 0.25) is 0 Å². The van der Waals surface area contributed by atoms with Gasteiger partial charge in [0.2, 0.25) is 0 Å². The van der Waals surface area contributed by atoms with E-state index in [1.165, 1.54) is 0 Å². The predicted molar refractivity (Wildman–Crippen MR) is 49.6 cm³/mol. The quantitative estimate of drug-likeness (QED) is 0.601. The molecule has 0 aliphatic carbocycles. The number of rotatable bonds is 1. The molecule has 1 rings (SSSR count). The maximum atomic E-state index is 11.0. The molecule has 1 aliphatic rings. The van der Waals surface area contributed by atoms with Gasteiger partial charge in [-0.15, -0.1) is 11.8 Å². The van der Waals surface area contributed by atoms with Crippen molar-refractivity contribution in [3.05, 3.63) is 11.5 Å². The number of carbonyl (C=O) groups is 1. The molecule has 0 N–H and O–H groups in total. The van der Waals surface area contributed by atoms with E-state index in [0.29, 0.717) is 5.25 Å². The van der Waals surface area contributed by atoms with Crippen LogP contribution >= 0.6 is 11.8 Å². The molecule has 62 valence electrons. The molecule has 0 spiro atoms. The van der Waals surface area contributed by atoms with Gasteiger partial charge < -0.3 is 0 Å². The fraction of sp³-hybridized carbons (Fsp3) is 0.667. The van der Waals surface area contributed by atoms with E-state index in [-0.39, 0.29) is 11.7 Å². The topological polar surface area (TPSA) is 17.1 Å².